The highest BCUT2D eigenvalue weighted by molar-refractivity contribution is 6.40. The molecule has 14 heteroatoms. The van der Waals surface area contributed by atoms with Gasteiger partial charge in [-0.05, 0) is 47.7 Å². The summed E-state index contributed by atoms with van der Waals surface area (Å²) in [6.45, 7) is 0.616. The molecule has 0 fully saturated rings. The molecule has 0 aliphatic carbocycles. The second-order valence-electron chi connectivity index (χ2n) is 9.16. The Morgan fingerprint density at radius 1 is 1.23 bits per heavy atom. The number of halogens is 3. The highest BCUT2D eigenvalue weighted by Crippen LogP contribution is 2.35. The Morgan fingerprint density at radius 2 is 2.00 bits per heavy atom. The van der Waals surface area contributed by atoms with Crippen molar-refractivity contribution in [1.29, 1.82) is 0 Å². The van der Waals surface area contributed by atoms with Crippen molar-refractivity contribution in [2.75, 3.05) is 39.5 Å². The molecule has 1 amide bonds. The quantitative estimate of drug-likeness (QED) is 0.142. The number of aliphatic imine (C=N–C) groups is 1. The van der Waals surface area contributed by atoms with Crippen molar-refractivity contribution in [3.05, 3.63) is 62.6 Å². The van der Waals surface area contributed by atoms with E-state index in [0.717, 1.165) is 11.1 Å². The Morgan fingerprint density at radius 3 is 2.67 bits per heavy atom. The van der Waals surface area contributed by atoms with E-state index in [1.807, 2.05) is 0 Å². The lowest BCUT2D eigenvalue weighted by atomic mass is 9.96. The molecular weight excluding hydrogens is 566 g/mol. The maximum Gasteiger partial charge on any atom is 0.328 e. The van der Waals surface area contributed by atoms with Crippen molar-refractivity contribution in [2.24, 2.45) is 10.7 Å². The number of alkyl halides is 1. The molecule has 8 N–H and O–H groups in total. The van der Waals surface area contributed by atoms with Gasteiger partial charge in [-0.3, -0.25) is 9.69 Å². The number of rotatable bonds is 12. The van der Waals surface area contributed by atoms with Gasteiger partial charge in [0.25, 0.3) is 5.91 Å². The van der Waals surface area contributed by atoms with Crippen molar-refractivity contribution in [1.82, 2.24) is 20.9 Å². The lowest BCUT2D eigenvalue weighted by molar-refractivity contribution is -0.139. The van der Waals surface area contributed by atoms with Crippen LogP contribution in [0.15, 0.2) is 35.3 Å². The van der Waals surface area contributed by atoms with Gasteiger partial charge in [0.1, 0.15) is 18.5 Å². The van der Waals surface area contributed by atoms with E-state index in [9.17, 15) is 29.3 Å². The minimum Gasteiger partial charge on any atom is -0.508 e. The Bertz CT molecular complexity index is 1230. The molecule has 0 saturated carbocycles. The lowest BCUT2D eigenvalue weighted by Crippen LogP contribution is -2.51. The molecule has 3 rings (SSSR count). The number of carboxylic acid groups (broad SMARTS) is 1. The van der Waals surface area contributed by atoms with Gasteiger partial charge >= 0.3 is 5.97 Å². The maximum absolute atomic E-state index is 13.1. The van der Waals surface area contributed by atoms with Crippen LogP contribution in [0.3, 0.4) is 0 Å². The number of carboxylic acids is 1. The number of aliphatic carboxylic acids is 1. The number of phenolic OH excluding ortho intramolecular Hbond substituents is 1. The van der Waals surface area contributed by atoms with Crippen LogP contribution in [0.4, 0.5) is 4.39 Å². The number of fused-ring (bicyclic) bond motifs is 1. The number of guanidine groups is 1. The summed E-state index contributed by atoms with van der Waals surface area (Å²) in [4.78, 5) is 30.9. The SMILES string of the molecule is NCN=C(NCCF)NC[C@H](NC(=O)c1c(Cl)cc2c(c1Cl)CCN(CCC(O)c1cccc(O)c1)C2)C(=O)O. The third-order valence-electron chi connectivity index (χ3n) is 6.40. The second kappa shape index (κ2) is 15.0. The fourth-order valence-corrected chi connectivity index (χ4v) is 5.14. The Balaban J connectivity index is 1.66. The first-order valence-corrected chi connectivity index (χ1v) is 13.4. The number of nitrogens with one attached hydrogen (secondary N) is 3. The van der Waals surface area contributed by atoms with Crippen LogP contribution >= 0.6 is 23.2 Å². The molecule has 40 heavy (non-hydrogen) atoms. The van der Waals surface area contributed by atoms with Crippen LogP contribution in [-0.4, -0.2) is 83.6 Å². The van der Waals surface area contributed by atoms with Gasteiger partial charge in [-0.25, -0.2) is 14.2 Å². The molecule has 1 aliphatic rings. The second-order valence-corrected chi connectivity index (χ2v) is 9.95. The van der Waals surface area contributed by atoms with Gasteiger partial charge in [-0.1, -0.05) is 35.3 Å². The van der Waals surface area contributed by atoms with Crippen LogP contribution in [0.25, 0.3) is 0 Å². The van der Waals surface area contributed by atoms with E-state index < -0.39 is 30.7 Å². The first kappa shape index (κ1) is 31.4. The Labute approximate surface area is 241 Å². The van der Waals surface area contributed by atoms with Crippen LogP contribution in [0.2, 0.25) is 10.0 Å². The number of phenols is 1. The average molecular weight is 599 g/mol. The number of carbonyl (C=O) groups is 2. The first-order valence-electron chi connectivity index (χ1n) is 12.7. The van der Waals surface area contributed by atoms with E-state index in [0.29, 0.717) is 38.0 Å². The molecule has 1 aliphatic heterocycles. The number of nitrogens with two attached hydrogens (primary N) is 1. The number of hydrogen-bond donors (Lipinski definition) is 7. The minimum absolute atomic E-state index is 0.0208. The van der Waals surface area contributed by atoms with Gasteiger partial charge < -0.3 is 37.0 Å². The average Bonchev–Trinajstić information content (AvgIpc) is 2.92. The van der Waals surface area contributed by atoms with Crippen molar-refractivity contribution >= 4 is 41.0 Å². The minimum atomic E-state index is -1.38. The molecule has 11 nitrogen and oxygen atoms in total. The largest absolute Gasteiger partial charge is 0.508 e. The monoisotopic (exact) mass is 598 g/mol. The summed E-state index contributed by atoms with van der Waals surface area (Å²) in [5.74, 6) is -1.87. The predicted molar refractivity (Wildman–Crippen MR) is 150 cm³/mol. The molecule has 2 aromatic carbocycles. The number of aromatic hydroxyl groups is 1. The van der Waals surface area contributed by atoms with Crippen molar-refractivity contribution in [3.8, 4) is 5.75 Å². The zero-order valence-electron chi connectivity index (χ0n) is 21.7. The van der Waals surface area contributed by atoms with Crippen LogP contribution < -0.4 is 21.7 Å². The summed E-state index contributed by atoms with van der Waals surface area (Å²) < 4.78 is 12.5. The summed E-state index contributed by atoms with van der Waals surface area (Å²) in [6, 6.07) is 6.78. The highest BCUT2D eigenvalue weighted by Gasteiger charge is 2.28. The molecule has 0 aromatic heterocycles. The first-order chi connectivity index (χ1) is 19.1. The number of nitrogens with zero attached hydrogens (tertiary/aromatic N) is 2. The fourth-order valence-electron chi connectivity index (χ4n) is 4.37. The van der Waals surface area contributed by atoms with Crippen molar-refractivity contribution < 1.29 is 29.3 Å². The van der Waals surface area contributed by atoms with E-state index >= 15 is 0 Å². The molecule has 0 saturated heterocycles. The van der Waals surface area contributed by atoms with Gasteiger partial charge in [0.05, 0.1) is 28.4 Å². The molecule has 2 atom stereocenters. The van der Waals surface area contributed by atoms with Gasteiger partial charge in [0.15, 0.2) is 5.96 Å². The third-order valence-corrected chi connectivity index (χ3v) is 7.11. The number of hydrogen-bond acceptors (Lipinski definition) is 7. The Hall–Kier alpha value is -3.16. The lowest BCUT2D eigenvalue weighted by Gasteiger charge is -2.31. The fraction of sp³-hybridized carbons (Fsp3) is 0.423. The van der Waals surface area contributed by atoms with Crippen LogP contribution in [0, 0.1) is 0 Å². The summed E-state index contributed by atoms with van der Waals surface area (Å²) in [7, 11) is 0. The van der Waals surface area contributed by atoms with E-state index in [4.69, 9.17) is 28.9 Å². The van der Waals surface area contributed by atoms with Crippen molar-refractivity contribution in [3.63, 3.8) is 0 Å². The molecule has 1 heterocycles. The van der Waals surface area contributed by atoms with Crippen molar-refractivity contribution in [2.45, 2.75) is 31.5 Å². The van der Waals surface area contributed by atoms with Gasteiger partial charge in [-0.2, -0.15) is 0 Å². The van der Waals surface area contributed by atoms with Gasteiger partial charge in [-0.15, -0.1) is 0 Å². The zero-order chi connectivity index (χ0) is 29.2. The molecule has 1 unspecified atom stereocenters. The van der Waals surface area contributed by atoms with E-state index in [-0.39, 0.29) is 47.1 Å². The molecule has 0 bridgehead atoms. The van der Waals surface area contributed by atoms with Gasteiger partial charge in [0.2, 0.25) is 0 Å². The van der Waals surface area contributed by atoms with E-state index in [2.05, 4.69) is 25.8 Å². The van der Waals surface area contributed by atoms with E-state index in [1.54, 1.807) is 24.3 Å². The smallest absolute Gasteiger partial charge is 0.328 e. The maximum atomic E-state index is 13.1. The van der Waals surface area contributed by atoms with Gasteiger partial charge in [0, 0.05) is 32.7 Å². The number of benzene rings is 2. The predicted octanol–water partition coefficient (Wildman–Crippen LogP) is 1.78. The molecule has 0 radical (unpaired) electrons. The number of amides is 1. The third kappa shape index (κ3) is 8.42. The number of carbonyl (C=O) groups excluding carboxylic acids is 1. The van der Waals surface area contributed by atoms with Crippen LogP contribution in [0.1, 0.15) is 39.6 Å². The number of aliphatic hydroxyl groups is 1. The zero-order valence-corrected chi connectivity index (χ0v) is 23.2. The standard InChI is InChI=1S/C26H33Cl2FN6O5/c27-19-11-16-13-35(9-5-21(37)15-2-1-3-17(36)10-15)8-4-18(16)23(28)22(19)24(38)34-20(25(39)40)12-32-26(33-14-30)31-7-6-29/h1-3,10-11,20-21,36-37H,4-9,12-14,30H2,(H,34,38)(H,39,40)(H2,31,32,33)/t20-,21?/m0/s1. The molecule has 0 spiro atoms. The van der Waals surface area contributed by atoms with E-state index in [1.165, 1.54) is 6.07 Å². The molecule has 218 valence electrons. The summed E-state index contributed by atoms with van der Waals surface area (Å²) >= 11 is 13.1. The molecule has 2 aromatic rings. The summed E-state index contributed by atoms with van der Waals surface area (Å²) in [6.07, 6.45) is 0.240. The molecular formula is C26H33Cl2FN6O5. The van der Waals surface area contributed by atoms with Crippen LogP contribution in [0.5, 0.6) is 5.75 Å². The number of aliphatic hydroxyl groups excluding tert-OH is 1. The van der Waals surface area contributed by atoms with Crippen LogP contribution in [-0.2, 0) is 17.8 Å². The normalized spacial score (nSPS) is 15.2. The Kier molecular flexibility index (Phi) is 11.8. The topological polar surface area (TPSA) is 173 Å². The summed E-state index contributed by atoms with van der Waals surface area (Å²) in [5.41, 5.74) is 7.58. The highest BCUT2D eigenvalue weighted by atomic mass is 35.5. The summed E-state index contributed by atoms with van der Waals surface area (Å²) in [5, 5.41) is 37.8.